The number of carbonyl (C=O) groups excluding carboxylic acids is 1. The molecule has 0 spiro atoms. The molecule has 0 aromatic heterocycles. The van der Waals surface area contributed by atoms with Crippen molar-refractivity contribution in [1.29, 1.82) is 0 Å². The maximum Gasteiger partial charge on any atom is 0.242 e. The molecule has 0 aliphatic carbocycles. The van der Waals surface area contributed by atoms with E-state index in [0.717, 1.165) is 32.7 Å². The highest BCUT2D eigenvalue weighted by atomic mass is 35.5. The van der Waals surface area contributed by atoms with E-state index >= 15 is 0 Å². The minimum Gasteiger partial charge on any atom is -0.378 e. The molecule has 0 aromatic carbocycles. The van der Waals surface area contributed by atoms with E-state index in [1.165, 1.54) is 32.4 Å². The van der Waals surface area contributed by atoms with E-state index in [0.29, 0.717) is 12.6 Å². The Morgan fingerprint density at radius 1 is 1.10 bits per heavy atom. The van der Waals surface area contributed by atoms with Crippen LogP contribution in [-0.4, -0.2) is 73.7 Å². The van der Waals surface area contributed by atoms with Gasteiger partial charge in [-0.1, -0.05) is 6.42 Å². The number of hydrogen-bond donors (Lipinski definition) is 1. The van der Waals surface area contributed by atoms with Gasteiger partial charge in [0, 0.05) is 25.7 Å². The number of nitrogens with one attached hydrogen (secondary N) is 1. The van der Waals surface area contributed by atoms with Crippen molar-refractivity contribution in [1.82, 2.24) is 15.1 Å². The second kappa shape index (κ2) is 9.16. The Bertz CT molecular complexity index is 321. The molecule has 0 radical (unpaired) electrons. The van der Waals surface area contributed by atoms with Crippen LogP contribution in [0.25, 0.3) is 0 Å². The number of hydrogen-bond acceptors (Lipinski definition) is 4. The summed E-state index contributed by atoms with van der Waals surface area (Å²) in [5, 5.41) is 3.26. The second-order valence-electron chi connectivity index (χ2n) is 5.91. The van der Waals surface area contributed by atoms with Gasteiger partial charge in [0.15, 0.2) is 0 Å². The largest absolute Gasteiger partial charge is 0.378 e. The third-order valence-electron chi connectivity index (χ3n) is 4.60. The zero-order valence-corrected chi connectivity index (χ0v) is 14.1. The van der Waals surface area contributed by atoms with Gasteiger partial charge in [-0.2, -0.15) is 0 Å². The zero-order chi connectivity index (χ0) is 13.1. The third-order valence-corrected chi connectivity index (χ3v) is 4.60. The lowest BCUT2D eigenvalue weighted by atomic mass is 10.1. The van der Waals surface area contributed by atoms with E-state index in [-0.39, 0.29) is 36.8 Å². The van der Waals surface area contributed by atoms with Crippen LogP contribution in [-0.2, 0) is 9.53 Å². The van der Waals surface area contributed by atoms with Crippen LogP contribution in [0.3, 0.4) is 0 Å². The summed E-state index contributed by atoms with van der Waals surface area (Å²) in [7, 11) is 0. The van der Waals surface area contributed by atoms with Crippen LogP contribution in [0.15, 0.2) is 0 Å². The minimum atomic E-state index is -0.117. The lowest BCUT2D eigenvalue weighted by molar-refractivity contribution is -0.135. The summed E-state index contributed by atoms with van der Waals surface area (Å²) in [5.41, 5.74) is 0. The number of halogens is 2. The average molecular weight is 340 g/mol. The Labute approximate surface area is 139 Å². The second-order valence-corrected chi connectivity index (χ2v) is 5.91. The maximum absolute atomic E-state index is 12.4. The Morgan fingerprint density at radius 3 is 2.52 bits per heavy atom. The SMILES string of the molecule is Cl.Cl.O=C(C1COCCN1)N1CCC(N2CCCCC2)C1. The van der Waals surface area contributed by atoms with Gasteiger partial charge in [-0.25, -0.2) is 0 Å². The van der Waals surface area contributed by atoms with Crippen molar-refractivity contribution in [2.45, 2.75) is 37.8 Å². The summed E-state index contributed by atoms with van der Waals surface area (Å²) in [5.74, 6) is 0.235. The number of carbonyl (C=O) groups is 1. The molecular weight excluding hydrogens is 313 g/mol. The summed E-state index contributed by atoms with van der Waals surface area (Å²) in [6, 6.07) is 0.475. The number of piperidine rings is 1. The molecule has 0 saturated carbocycles. The van der Waals surface area contributed by atoms with E-state index < -0.39 is 0 Å². The molecule has 21 heavy (non-hydrogen) atoms. The fraction of sp³-hybridized carbons (Fsp3) is 0.929. The minimum absolute atomic E-state index is 0. The molecule has 1 N–H and O–H groups in total. The Balaban J connectivity index is 0.00000110. The third kappa shape index (κ3) is 4.70. The molecule has 1 amide bonds. The van der Waals surface area contributed by atoms with Gasteiger partial charge in [0.1, 0.15) is 6.04 Å². The highest BCUT2D eigenvalue weighted by Gasteiger charge is 2.34. The molecule has 0 aromatic rings. The molecule has 3 fully saturated rings. The molecule has 5 nitrogen and oxygen atoms in total. The van der Waals surface area contributed by atoms with Gasteiger partial charge >= 0.3 is 0 Å². The van der Waals surface area contributed by atoms with Gasteiger partial charge in [-0.3, -0.25) is 9.69 Å². The first-order chi connectivity index (χ1) is 9.34. The molecule has 124 valence electrons. The van der Waals surface area contributed by atoms with E-state index in [9.17, 15) is 4.79 Å². The van der Waals surface area contributed by atoms with Crippen molar-refractivity contribution in [3.8, 4) is 0 Å². The van der Waals surface area contributed by atoms with Crippen molar-refractivity contribution < 1.29 is 9.53 Å². The molecule has 3 rings (SSSR count). The quantitative estimate of drug-likeness (QED) is 0.812. The molecule has 3 saturated heterocycles. The number of nitrogens with zero attached hydrogens (tertiary/aromatic N) is 2. The van der Waals surface area contributed by atoms with E-state index in [2.05, 4.69) is 10.2 Å². The number of amides is 1. The fourth-order valence-electron chi connectivity index (χ4n) is 3.47. The van der Waals surface area contributed by atoms with Crippen LogP contribution in [0.2, 0.25) is 0 Å². The number of ether oxygens (including phenoxy) is 1. The van der Waals surface area contributed by atoms with Crippen LogP contribution in [0, 0.1) is 0 Å². The normalized spacial score (nSPS) is 30.4. The van der Waals surface area contributed by atoms with Gasteiger partial charge in [0.25, 0.3) is 0 Å². The lowest BCUT2D eigenvalue weighted by Crippen LogP contribution is -2.52. The Kier molecular flexibility index (Phi) is 8.27. The molecule has 3 heterocycles. The standard InChI is InChI=1S/C14H25N3O2.2ClH/c18-14(13-11-19-9-5-15-13)17-8-4-12(10-17)16-6-2-1-3-7-16;;/h12-13,15H,1-11H2;2*1H. The Hall–Kier alpha value is -0.0700. The van der Waals surface area contributed by atoms with Crippen LogP contribution in [0.5, 0.6) is 0 Å². The molecule has 2 unspecified atom stereocenters. The molecule has 3 aliphatic heterocycles. The smallest absolute Gasteiger partial charge is 0.242 e. The van der Waals surface area contributed by atoms with Gasteiger partial charge in [0.05, 0.1) is 13.2 Å². The van der Waals surface area contributed by atoms with Crippen molar-refractivity contribution in [3.63, 3.8) is 0 Å². The van der Waals surface area contributed by atoms with E-state index in [4.69, 9.17) is 4.74 Å². The van der Waals surface area contributed by atoms with Gasteiger partial charge < -0.3 is 15.0 Å². The molecular formula is C14H27Cl2N3O2. The molecule has 7 heteroatoms. The number of likely N-dealkylation sites (tertiary alicyclic amines) is 2. The van der Waals surface area contributed by atoms with Crippen LogP contribution >= 0.6 is 24.8 Å². The van der Waals surface area contributed by atoms with Crippen molar-refractivity contribution in [2.24, 2.45) is 0 Å². The summed E-state index contributed by atoms with van der Waals surface area (Å²) in [4.78, 5) is 17.0. The van der Waals surface area contributed by atoms with E-state index in [1.807, 2.05) is 4.90 Å². The molecule has 0 bridgehead atoms. The summed E-state index contributed by atoms with van der Waals surface area (Å²) >= 11 is 0. The first-order valence-electron chi connectivity index (χ1n) is 7.68. The highest BCUT2D eigenvalue weighted by Crippen LogP contribution is 2.20. The van der Waals surface area contributed by atoms with Crippen LogP contribution < -0.4 is 5.32 Å². The molecule has 2 atom stereocenters. The topological polar surface area (TPSA) is 44.8 Å². The van der Waals surface area contributed by atoms with E-state index in [1.54, 1.807) is 0 Å². The first-order valence-corrected chi connectivity index (χ1v) is 7.68. The van der Waals surface area contributed by atoms with Gasteiger partial charge in [0.2, 0.25) is 5.91 Å². The number of morpholine rings is 1. The monoisotopic (exact) mass is 339 g/mol. The summed E-state index contributed by atoms with van der Waals surface area (Å²) < 4.78 is 5.39. The predicted molar refractivity (Wildman–Crippen MR) is 87.5 cm³/mol. The Morgan fingerprint density at radius 2 is 1.86 bits per heavy atom. The maximum atomic E-state index is 12.4. The first kappa shape index (κ1) is 19.0. The highest BCUT2D eigenvalue weighted by molar-refractivity contribution is 5.85. The fourth-order valence-corrected chi connectivity index (χ4v) is 3.47. The van der Waals surface area contributed by atoms with Crippen LogP contribution in [0.1, 0.15) is 25.7 Å². The van der Waals surface area contributed by atoms with Gasteiger partial charge in [-0.15, -0.1) is 24.8 Å². The van der Waals surface area contributed by atoms with Crippen LogP contribution in [0.4, 0.5) is 0 Å². The summed E-state index contributed by atoms with van der Waals surface area (Å²) in [6.07, 6.45) is 5.15. The average Bonchev–Trinajstić information content (AvgIpc) is 2.98. The van der Waals surface area contributed by atoms with Crippen molar-refractivity contribution in [2.75, 3.05) is 45.9 Å². The molecule has 3 aliphatic rings. The van der Waals surface area contributed by atoms with Crippen molar-refractivity contribution >= 4 is 30.7 Å². The summed E-state index contributed by atoms with van der Waals surface area (Å²) in [6.45, 7) is 6.31. The van der Waals surface area contributed by atoms with Gasteiger partial charge in [-0.05, 0) is 32.4 Å². The van der Waals surface area contributed by atoms with Crippen molar-refractivity contribution in [3.05, 3.63) is 0 Å². The predicted octanol–water partition coefficient (Wildman–Crippen LogP) is 0.905. The zero-order valence-electron chi connectivity index (χ0n) is 12.5. The number of rotatable bonds is 2. The lowest BCUT2D eigenvalue weighted by Gasteiger charge is -2.32.